The molecule has 0 bridgehead atoms. The molecule has 1 aromatic carbocycles. The van der Waals surface area contributed by atoms with Gasteiger partial charge in [-0.25, -0.2) is 4.98 Å². The fraction of sp³-hybridized carbons (Fsp3) is 0.412. The lowest BCUT2D eigenvalue weighted by atomic mass is 10.1. The van der Waals surface area contributed by atoms with Gasteiger partial charge in [-0.3, -0.25) is 4.79 Å². The second-order valence-corrected chi connectivity index (χ2v) is 6.43. The highest BCUT2D eigenvalue weighted by Crippen LogP contribution is 2.17. The standard InChI is InChI=1S/C17H22N2O2S/c1-13(2)15-12-16(20)19-17(18-15)22-11-7-6-10-21-14-8-4-3-5-9-14/h3-5,8-9,12-13H,6-7,10-11H2,1-2H3,(H,18,19,20). The molecule has 0 atom stereocenters. The monoisotopic (exact) mass is 318 g/mol. The quantitative estimate of drug-likeness (QED) is 0.456. The van der Waals surface area contributed by atoms with Gasteiger partial charge in [-0.15, -0.1) is 0 Å². The van der Waals surface area contributed by atoms with Crippen molar-refractivity contribution in [2.75, 3.05) is 12.4 Å². The number of para-hydroxylation sites is 1. The van der Waals surface area contributed by atoms with Crippen LogP contribution in [0.25, 0.3) is 0 Å². The van der Waals surface area contributed by atoms with Crippen LogP contribution in [0.5, 0.6) is 5.75 Å². The predicted octanol–water partition coefficient (Wildman–Crippen LogP) is 3.84. The highest BCUT2D eigenvalue weighted by atomic mass is 32.2. The normalized spacial score (nSPS) is 10.9. The number of hydrogen-bond donors (Lipinski definition) is 1. The zero-order valence-corrected chi connectivity index (χ0v) is 13.9. The third-order valence-corrected chi connectivity index (χ3v) is 4.08. The van der Waals surface area contributed by atoms with E-state index in [-0.39, 0.29) is 11.5 Å². The van der Waals surface area contributed by atoms with Crippen LogP contribution in [0.1, 0.15) is 38.3 Å². The van der Waals surface area contributed by atoms with E-state index in [0.717, 1.165) is 30.0 Å². The van der Waals surface area contributed by atoms with Crippen molar-refractivity contribution in [1.29, 1.82) is 0 Å². The Hall–Kier alpha value is -1.75. The number of H-pyrrole nitrogens is 1. The van der Waals surface area contributed by atoms with Gasteiger partial charge in [-0.2, -0.15) is 0 Å². The first-order valence-corrected chi connectivity index (χ1v) is 8.55. The van der Waals surface area contributed by atoms with Crippen molar-refractivity contribution in [3.63, 3.8) is 0 Å². The third-order valence-electron chi connectivity index (χ3n) is 3.12. The summed E-state index contributed by atoms with van der Waals surface area (Å²) in [6, 6.07) is 11.4. The van der Waals surface area contributed by atoms with E-state index in [1.807, 2.05) is 44.2 Å². The maximum atomic E-state index is 11.6. The molecule has 2 rings (SSSR count). The summed E-state index contributed by atoms with van der Waals surface area (Å²) in [5.41, 5.74) is 0.771. The Labute approximate surface area is 135 Å². The lowest BCUT2D eigenvalue weighted by Gasteiger charge is -2.07. The van der Waals surface area contributed by atoms with Gasteiger partial charge in [0.05, 0.1) is 12.3 Å². The molecule has 1 N–H and O–H groups in total. The number of nitrogens with one attached hydrogen (secondary N) is 1. The van der Waals surface area contributed by atoms with Gasteiger partial charge in [0, 0.05) is 11.8 Å². The number of rotatable bonds is 8. The number of hydrogen-bond acceptors (Lipinski definition) is 4. The van der Waals surface area contributed by atoms with E-state index in [2.05, 4.69) is 9.97 Å². The van der Waals surface area contributed by atoms with Crippen LogP contribution in [0.3, 0.4) is 0 Å². The maximum absolute atomic E-state index is 11.6. The van der Waals surface area contributed by atoms with Crippen molar-refractivity contribution >= 4 is 11.8 Å². The fourth-order valence-corrected chi connectivity index (χ4v) is 2.78. The summed E-state index contributed by atoms with van der Waals surface area (Å²) in [7, 11) is 0. The van der Waals surface area contributed by atoms with Crippen LogP contribution in [0.4, 0.5) is 0 Å². The smallest absolute Gasteiger partial charge is 0.251 e. The van der Waals surface area contributed by atoms with E-state index >= 15 is 0 Å². The predicted molar refractivity (Wildman–Crippen MR) is 90.8 cm³/mol. The molecule has 118 valence electrons. The van der Waals surface area contributed by atoms with Gasteiger partial charge in [-0.1, -0.05) is 43.8 Å². The molecular formula is C17H22N2O2S. The number of nitrogens with zero attached hydrogens (tertiary/aromatic N) is 1. The number of aromatic nitrogens is 2. The Bertz CT molecular complexity index is 626. The van der Waals surface area contributed by atoms with E-state index < -0.39 is 0 Å². The summed E-state index contributed by atoms with van der Waals surface area (Å²) < 4.78 is 5.65. The summed E-state index contributed by atoms with van der Waals surface area (Å²) >= 11 is 1.59. The molecule has 0 fully saturated rings. The number of aromatic amines is 1. The molecule has 0 spiro atoms. The molecule has 0 aliphatic rings. The van der Waals surface area contributed by atoms with Gasteiger partial charge in [0.15, 0.2) is 5.16 Å². The molecule has 0 amide bonds. The molecule has 1 heterocycles. The van der Waals surface area contributed by atoms with Gasteiger partial charge in [-0.05, 0) is 30.9 Å². The molecule has 0 radical (unpaired) electrons. The summed E-state index contributed by atoms with van der Waals surface area (Å²) in [5.74, 6) is 2.09. The highest BCUT2D eigenvalue weighted by Gasteiger charge is 2.05. The van der Waals surface area contributed by atoms with Crippen LogP contribution in [-0.2, 0) is 0 Å². The first kappa shape index (κ1) is 16.6. The molecule has 22 heavy (non-hydrogen) atoms. The second-order valence-electron chi connectivity index (χ2n) is 5.35. The summed E-state index contributed by atoms with van der Waals surface area (Å²) in [5, 5.41) is 0.708. The van der Waals surface area contributed by atoms with Gasteiger partial charge in [0.25, 0.3) is 5.56 Å². The maximum Gasteiger partial charge on any atom is 0.251 e. The number of unbranched alkanes of at least 4 members (excludes halogenated alkanes) is 1. The van der Waals surface area contributed by atoms with Crippen LogP contribution in [0.2, 0.25) is 0 Å². The molecule has 0 saturated heterocycles. The molecule has 0 aliphatic heterocycles. The first-order chi connectivity index (χ1) is 10.6. The van der Waals surface area contributed by atoms with Crippen LogP contribution in [0.15, 0.2) is 46.3 Å². The Morgan fingerprint density at radius 1 is 1.23 bits per heavy atom. The minimum atomic E-state index is -0.0754. The Balaban J connectivity index is 1.69. The average Bonchev–Trinajstić information content (AvgIpc) is 2.51. The zero-order valence-electron chi connectivity index (χ0n) is 13.0. The molecule has 4 nitrogen and oxygen atoms in total. The van der Waals surface area contributed by atoms with E-state index in [0.29, 0.717) is 11.8 Å². The van der Waals surface area contributed by atoms with Gasteiger partial charge < -0.3 is 9.72 Å². The van der Waals surface area contributed by atoms with E-state index in [1.165, 1.54) is 0 Å². The Kier molecular flexibility index (Phi) is 6.52. The Morgan fingerprint density at radius 3 is 2.73 bits per heavy atom. The van der Waals surface area contributed by atoms with Crippen LogP contribution < -0.4 is 10.3 Å². The summed E-state index contributed by atoms with van der Waals surface area (Å²) in [6.45, 7) is 4.79. The number of benzene rings is 1. The zero-order chi connectivity index (χ0) is 15.8. The van der Waals surface area contributed by atoms with E-state index in [4.69, 9.17) is 4.74 Å². The molecule has 5 heteroatoms. The molecule has 1 aromatic heterocycles. The number of thioether (sulfide) groups is 1. The second kappa shape index (κ2) is 8.63. The van der Waals surface area contributed by atoms with Gasteiger partial charge in [0.2, 0.25) is 0 Å². The SMILES string of the molecule is CC(C)c1cc(=O)[nH]c(SCCCCOc2ccccc2)n1. The first-order valence-electron chi connectivity index (χ1n) is 7.57. The lowest BCUT2D eigenvalue weighted by molar-refractivity contribution is 0.310. The van der Waals surface area contributed by atoms with E-state index in [1.54, 1.807) is 17.8 Å². The number of ether oxygens (including phenoxy) is 1. The molecule has 0 unspecified atom stereocenters. The van der Waals surface area contributed by atoms with Crippen molar-refractivity contribution < 1.29 is 4.74 Å². The van der Waals surface area contributed by atoms with Crippen LogP contribution in [-0.4, -0.2) is 22.3 Å². The molecular weight excluding hydrogens is 296 g/mol. The third kappa shape index (κ3) is 5.56. The van der Waals surface area contributed by atoms with Crippen LogP contribution in [0, 0.1) is 0 Å². The molecule has 0 saturated carbocycles. The summed E-state index contributed by atoms with van der Waals surface area (Å²) in [6.07, 6.45) is 2.00. The van der Waals surface area contributed by atoms with Crippen molar-refractivity contribution in [2.45, 2.75) is 37.8 Å². The van der Waals surface area contributed by atoms with Crippen molar-refractivity contribution in [3.8, 4) is 5.75 Å². The fourth-order valence-electron chi connectivity index (χ4n) is 1.90. The van der Waals surface area contributed by atoms with E-state index in [9.17, 15) is 4.79 Å². The average molecular weight is 318 g/mol. The van der Waals surface area contributed by atoms with Crippen molar-refractivity contribution in [1.82, 2.24) is 9.97 Å². The molecule has 0 aliphatic carbocycles. The van der Waals surface area contributed by atoms with Gasteiger partial charge in [0.1, 0.15) is 5.75 Å². The largest absolute Gasteiger partial charge is 0.494 e. The summed E-state index contributed by atoms with van der Waals surface area (Å²) in [4.78, 5) is 18.8. The van der Waals surface area contributed by atoms with Gasteiger partial charge >= 0.3 is 0 Å². The minimum absolute atomic E-state index is 0.0754. The van der Waals surface area contributed by atoms with Crippen molar-refractivity contribution in [2.24, 2.45) is 0 Å². The topological polar surface area (TPSA) is 55.0 Å². The van der Waals surface area contributed by atoms with Crippen LogP contribution >= 0.6 is 11.8 Å². The Morgan fingerprint density at radius 2 is 2.00 bits per heavy atom. The lowest BCUT2D eigenvalue weighted by Crippen LogP contribution is -2.11. The highest BCUT2D eigenvalue weighted by molar-refractivity contribution is 7.99. The minimum Gasteiger partial charge on any atom is -0.494 e. The van der Waals surface area contributed by atoms with Crippen molar-refractivity contribution in [3.05, 3.63) is 52.4 Å². The molecule has 2 aromatic rings.